The maximum absolute atomic E-state index is 5.60. The lowest BCUT2D eigenvalue weighted by Crippen LogP contribution is -2.09. The van der Waals surface area contributed by atoms with Crippen LogP contribution in [-0.2, 0) is 6.54 Å². The lowest BCUT2D eigenvalue weighted by Gasteiger charge is -2.03. The number of aromatic nitrogens is 2. The molecular weight excluding hydrogens is 278 g/mol. The van der Waals surface area contributed by atoms with Gasteiger partial charge in [0.2, 0.25) is 0 Å². The summed E-state index contributed by atoms with van der Waals surface area (Å²) in [5.74, 6) is 0. The maximum Gasteiger partial charge on any atom is 0.103 e. The van der Waals surface area contributed by atoms with Crippen molar-refractivity contribution in [1.29, 1.82) is 0 Å². The van der Waals surface area contributed by atoms with Crippen molar-refractivity contribution in [1.82, 2.24) is 9.78 Å². The minimum atomic E-state index is 0.423. The van der Waals surface area contributed by atoms with Crippen molar-refractivity contribution >= 4 is 17.2 Å². The third-order valence-electron chi connectivity index (χ3n) is 3.32. The van der Waals surface area contributed by atoms with E-state index in [2.05, 4.69) is 23.4 Å². The highest BCUT2D eigenvalue weighted by molar-refractivity contribution is 7.80. The Morgan fingerprint density at radius 2 is 1.71 bits per heavy atom. The van der Waals surface area contributed by atoms with Gasteiger partial charge >= 0.3 is 0 Å². The number of benzene rings is 2. The first-order chi connectivity index (χ1) is 10.2. The summed E-state index contributed by atoms with van der Waals surface area (Å²) in [5.41, 5.74) is 9.95. The van der Waals surface area contributed by atoms with Gasteiger partial charge in [-0.3, -0.25) is 4.68 Å². The molecule has 0 fully saturated rings. The number of thiocarbonyl (C=S) groups is 1. The fourth-order valence-corrected chi connectivity index (χ4v) is 2.33. The maximum atomic E-state index is 5.60. The topological polar surface area (TPSA) is 43.8 Å². The van der Waals surface area contributed by atoms with E-state index in [1.54, 1.807) is 0 Å². The van der Waals surface area contributed by atoms with Crippen molar-refractivity contribution in [2.45, 2.75) is 6.54 Å². The monoisotopic (exact) mass is 293 g/mol. The standard InChI is InChI=1S/C17H15N3S/c18-17(21)15-8-6-13(7-9-15)11-20-12-16(10-19-20)14-4-2-1-3-5-14/h1-10,12H,11H2,(H2,18,21). The van der Waals surface area contributed by atoms with Gasteiger partial charge in [0, 0.05) is 17.3 Å². The van der Waals surface area contributed by atoms with Crippen LogP contribution in [0.5, 0.6) is 0 Å². The molecule has 0 bridgehead atoms. The Balaban J connectivity index is 1.77. The first kappa shape index (κ1) is 13.5. The van der Waals surface area contributed by atoms with Crippen LogP contribution >= 0.6 is 12.2 Å². The lowest BCUT2D eigenvalue weighted by atomic mass is 10.1. The number of rotatable bonds is 4. The summed E-state index contributed by atoms with van der Waals surface area (Å²) >= 11 is 4.95. The van der Waals surface area contributed by atoms with E-state index in [0.717, 1.165) is 23.2 Å². The van der Waals surface area contributed by atoms with Crippen LogP contribution in [-0.4, -0.2) is 14.8 Å². The predicted octanol–water partition coefficient (Wildman–Crippen LogP) is 3.23. The Labute approximate surface area is 129 Å². The molecule has 0 radical (unpaired) electrons. The minimum absolute atomic E-state index is 0.423. The van der Waals surface area contributed by atoms with Gasteiger partial charge in [-0.15, -0.1) is 0 Å². The van der Waals surface area contributed by atoms with E-state index in [4.69, 9.17) is 18.0 Å². The highest BCUT2D eigenvalue weighted by atomic mass is 32.1. The Hall–Kier alpha value is -2.46. The summed E-state index contributed by atoms with van der Waals surface area (Å²) in [5, 5.41) is 4.41. The SMILES string of the molecule is NC(=S)c1ccc(Cn2cc(-c3ccccc3)cn2)cc1. The molecule has 3 rings (SSSR count). The molecule has 1 aromatic heterocycles. The number of hydrogen-bond donors (Lipinski definition) is 1. The summed E-state index contributed by atoms with van der Waals surface area (Å²) in [6.45, 7) is 0.727. The zero-order valence-corrected chi connectivity index (χ0v) is 12.3. The number of hydrogen-bond acceptors (Lipinski definition) is 2. The third-order valence-corrected chi connectivity index (χ3v) is 3.56. The molecule has 0 spiro atoms. The minimum Gasteiger partial charge on any atom is -0.389 e. The molecule has 0 aliphatic heterocycles. The van der Waals surface area contributed by atoms with Crippen LogP contribution in [0.1, 0.15) is 11.1 Å². The van der Waals surface area contributed by atoms with Crippen LogP contribution in [0.25, 0.3) is 11.1 Å². The van der Waals surface area contributed by atoms with Crippen LogP contribution in [0, 0.1) is 0 Å². The van der Waals surface area contributed by atoms with Gasteiger partial charge in [0.15, 0.2) is 0 Å². The zero-order valence-electron chi connectivity index (χ0n) is 11.4. The van der Waals surface area contributed by atoms with Crippen LogP contribution < -0.4 is 5.73 Å². The quantitative estimate of drug-likeness (QED) is 0.751. The molecule has 3 aromatic rings. The van der Waals surface area contributed by atoms with Crippen molar-refractivity contribution in [2.24, 2.45) is 5.73 Å². The first-order valence-electron chi connectivity index (χ1n) is 6.69. The summed E-state index contributed by atoms with van der Waals surface area (Å²) in [4.78, 5) is 0.423. The molecule has 0 aliphatic carbocycles. The summed E-state index contributed by atoms with van der Waals surface area (Å²) < 4.78 is 1.93. The van der Waals surface area contributed by atoms with Gasteiger partial charge in [-0.25, -0.2) is 0 Å². The predicted molar refractivity (Wildman–Crippen MR) is 89.1 cm³/mol. The Kier molecular flexibility index (Phi) is 3.79. The van der Waals surface area contributed by atoms with Crippen molar-refractivity contribution in [3.8, 4) is 11.1 Å². The van der Waals surface area contributed by atoms with E-state index < -0.39 is 0 Å². The van der Waals surface area contributed by atoms with Gasteiger partial charge in [-0.2, -0.15) is 5.10 Å². The molecule has 4 heteroatoms. The lowest BCUT2D eigenvalue weighted by molar-refractivity contribution is 0.687. The molecule has 0 unspecified atom stereocenters. The summed E-state index contributed by atoms with van der Waals surface area (Å²) in [6, 6.07) is 18.2. The molecule has 0 saturated carbocycles. The van der Waals surface area contributed by atoms with E-state index in [0.29, 0.717) is 4.99 Å². The van der Waals surface area contributed by atoms with Crippen molar-refractivity contribution in [2.75, 3.05) is 0 Å². The normalized spacial score (nSPS) is 10.5. The Bertz CT molecular complexity index is 745. The van der Waals surface area contributed by atoms with Gasteiger partial charge in [0.1, 0.15) is 4.99 Å². The van der Waals surface area contributed by atoms with E-state index in [9.17, 15) is 0 Å². The van der Waals surface area contributed by atoms with Crippen LogP contribution in [0.2, 0.25) is 0 Å². The Morgan fingerprint density at radius 3 is 2.38 bits per heavy atom. The first-order valence-corrected chi connectivity index (χ1v) is 7.10. The van der Waals surface area contributed by atoms with Gasteiger partial charge in [0.25, 0.3) is 0 Å². The second-order valence-electron chi connectivity index (χ2n) is 4.85. The second kappa shape index (κ2) is 5.89. The zero-order chi connectivity index (χ0) is 14.7. The van der Waals surface area contributed by atoms with Gasteiger partial charge in [-0.05, 0) is 11.1 Å². The average molecular weight is 293 g/mol. The molecule has 0 atom stereocenters. The van der Waals surface area contributed by atoms with E-state index >= 15 is 0 Å². The number of nitrogens with two attached hydrogens (primary N) is 1. The molecule has 0 saturated heterocycles. The molecular formula is C17H15N3S. The third kappa shape index (κ3) is 3.17. The highest BCUT2D eigenvalue weighted by Crippen LogP contribution is 2.18. The van der Waals surface area contributed by atoms with Gasteiger partial charge in [-0.1, -0.05) is 66.8 Å². The van der Waals surface area contributed by atoms with Gasteiger partial charge < -0.3 is 5.73 Å². The van der Waals surface area contributed by atoms with Crippen LogP contribution in [0.15, 0.2) is 67.0 Å². The highest BCUT2D eigenvalue weighted by Gasteiger charge is 2.02. The molecule has 104 valence electrons. The molecule has 2 aromatic carbocycles. The van der Waals surface area contributed by atoms with Crippen LogP contribution in [0.3, 0.4) is 0 Å². The molecule has 21 heavy (non-hydrogen) atoms. The molecule has 1 heterocycles. The van der Waals surface area contributed by atoms with Crippen molar-refractivity contribution in [3.05, 3.63) is 78.1 Å². The fraction of sp³-hybridized carbons (Fsp3) is 0.0588. The van der Waals surface area contributed by atoms with E-state index in [1.807, 2.05) is 53.3 Å². The molecule has 0 aliphatic rings. The largest absolute Gasteiger partial charge is 0.389 e. The summed E-state index contributed by atoms with van der Waals surface area (Å²) in [7, 11) is 0. The van der Waals surface area contributed by atoms with Gasteiger partial charge in [0.05, 0.1) is 12.7 Å². The average Bonchev–Trinajstić information content (AvgIpc) is 2.97. The molecule has 0 amide bonds. The Morgan fingerprint density at radius 1 is 1.00 bits per heavy atom. The van der Waals surface area contributed by atoms with E-state index in [-0.39, 0.29) is 0 Å². The smallest absolute Gasteiger partial charge is 0.103 e. The van der Waals surface area contributed by atoms with Crippen LogP contribution in [0.4, 0.5) is 0 Å². The fourth-order valence-electron chi connectivity index (χ4n) is 2.19. The molecule has 2 N–H and O–H groups in total. The number of nitrogens with zero attached hydrogens (tertiary/aromatic N) is 2. The van der Waals surface area contributed by atoms with Crippen molar-refractivity contribution in [3.63, 3.8) is 0 Å². The second-order valence-corrected chi connectivity index (χ2v) is 5.29. The van der Waals surface area contributed by atoms with Crippen molar-refractivity contribution < 1.29 is 0 Å². The van der Waals surface area contributed by atoms with E-state index in [1.165, 1.54) is 5.56 Å². The molecule has 3 nitrogen and oxygen atoms in total. The summed E-state index contributed by atoms with van der Waals surface area (Å²) in [6.07, 6.45) is 3.94.